The van der Waals surface area contributed by atoms with Crippen molar-refractivity contribution in [1.29, 1.82) is 0 Å². The molecular formula is C12H14F2N2OS. The number of alkyl halides is 2. The summed E-state index contributed by atoms with van der Waals surface area (Å²) in [4.78, 5) is 4.73. The number of halogens is 2. The van der Waals surface area contributed by atoms with Gasteiger partial charge in [-0.1, -0.05) is 20.8 Å². The molecule has 0 spiro atoms. The molecule has 0 unspecified atom stereocenters. The van der Waals surface area contributed by atoms with Crippen molar-refractivity contribution >= 4 is 17.4 Å². The summed E-state index contributed by atoms with van der Waals surface area (Å²) in [5.74, 6) is 0.170. The number of hydrogen-bond donors (Lipinski definition) is 0. The van der Waals surface area contributed by atoms with Crippen molar-refractivity contribution in [3.05, 3.63) is 24.7 Å². The van der Waals surface area contributed by atoms with Crippen LogP contribution in [-0.4, -0.2) is 20.7 Å². The molecule has 98 valence electrons. The number of thioether (sulfide) groups is 1. The third-order valence-corrected chi connectivity index (χ3v) is 3.23. The maximum absolute atomic E-state index is 12.4. The van der Waals surface area contributed by atoms with Crippen molar-refractivity contribution in [2.75, 3.05) is 0 Å². The van der Waals surface area contributed by atoms with E-state index in [0.717, 1.165) is 0 Å². The van der Waals surface area contributed by atoms with Gasteiger partial charge in [0.05, 0.1) is 4.90 Å². The van der Waals surface area contributed by atoms with Crippen LogP contribution < -0.4 is 4.74 Å². The summed E-state index contributed by atoms with van der Waals surface area (Å²) < 4.78 is 31.1. The van der Waals surface area contributed by atoms with E-state index in [1.54, 1.807) is 23.0 Å². The Morgan fingerprint density at radius 3 is 2.72 bits per heavy atom. The third kappa shape index (κ3) is 3.13. The number of fused-ring (bicyclic) bond motifs is 1. The molecule has 0 N–H and O–H groups in total. The fraction of sp³-hybridized carbons (Fsp3) is 0.417. The molecule has 2 rings (SSSR count). The van der Waals surface area contributed by atoms with Crippen molar-refractivity contribution in [3.8, 4) is 5.75 Å². The van der Waals surface area contributed by atoms with Crippen LogP contribution in [0.15, 0.2) is 29.6 Å². The van der Waals surface area contributed by atoms with Crippen LogP contribution in [0.4, 0.5) is 8.78 Å². The largest absolute Gasteiger partial charge is 0.433 e. The van der Waals surface area contributed by atoms with Crippen molar-refractivity contribution < 1.29 is 13.5 Å². The Morgan fingerprint density at radius 1 is 1.39 bits per heavy atom. The van der Waals surface area contributed by atoms with Crippen LogP contribution in [0.2, 0.25) is 0 Å². The molecule has 0 bridgehead atoms. The first-order valence-electron chi connectivity index (χ1n) is 5.46. The fourth-order valence-corrected chi connectivity index (χ4v) is 2.55. The molecule has 0 aliphatic rings. The Morgan fingerprint density at radius 2 is 2.11 bits per heavy atom. The molecule has 0 saturated heterocycles. The van der Waals surface area contributed by atoms with Crippen LogP contribution in [0.25, 0.3) is 5.65 Å². The third-order valence-electron chi connectivity index (χ3n) is 2.09. The first kappa shape index (κ1) is 13.1. The lowest BCUT2D eigenvalue weighted by Gasteiger charge is -2.20. The molecule has 2 aromatic heterocycles. The van der Waals surface area contributed by atoms with Crippen molar-refractivity contribution in [3.63, 3.8) is 0 Å². The lowest BCUT2D eigenvalue weighted by molar-refractivity contribution is -0.0516. The number of aromatic nitrogens is 2. The van der Waals surface area contributed by atoms with Gasteiger partial charge >= 0.3 is 6.61 Å². The summed E-state index contributed by atoms with van der Waals surface area (Å²) in [5, 5.41) is 0. The Bertz CT molecular complexity index is 548. The molecule has 6 heteroatoms. The van der Waals surface area contributed by atoms with Gasteiger partial charge < -0.3 is 9.14 Å². The topological polar surface area (TPSA) is 26.5 Å². The smallest absolute Gasteiger partial charge is 0.387 e. The SMILES string of the molecule is CC(C)(C)Sc1cn2ccnc2cc1OC(F)F. The Labute approximate surface area is 108 Å². The van der Waals surface area contributed by atoms with E-state index in [1.807, 2.05) is 20.8 Å². The van der Waals surface area contributed by atoms with Gasteiger partial charge in [0, 0.05) is 29.4 Å². The van der Waals surface area contributed by atoms with E-state index >= 15 is 0 Å². The zero-order chi connectivity index (χ0) is 13.3. The van der Waals surface area contributed by atoms with Gasteiger partial charge in [-0.3, -0.25) is 0 Å². The molecular weight excluding hydrogens is 258 g/mol. The zero-order valence-electron chi connectivity index (χ0n) is 10.4. The number of nitrogens with zero attached hydrogens (tertiary/aromatic N) is 2. The highest BCUT2D eigenvalue weighted by Crippen LogP contribution is 2.38. The van der Waals surface area contributed by atoms with Crippen molar-refractivity contribution in [1.82, 2.24) is 9.38 Å². The summed E-state index contributed by atoms with van der Waals surface area (Å²) in [7, 11) is 0. The van der Waals surface area contributed by atoms with Crippen molar-refractivity contribution in [2.24, 2.45) is 0 Å². The second kappa shape index (κ2) is 4.76. The van der Waals surface area contributed by atoms with Crippen LogP contribution in [0.3, 0.4) is 0 Å². The van der Waals surface area contributed by atoms with Gasteiger partial charge in [-0.25, -0.2) is 4.98 Å². The van der Waals surface area contributed by atoms with Gasteiger partial charge in [0.2, 0.25) is 0 Å². The van der Waals surface area contributed by atoms with Crippen LogP contribution in [-0.2, 0) is 0 Å². The van der Waals surface area contributed by atoms with E-state index in [2.05, 4.69) is 9.72 Å². The Balaban J connectivity index is 2.45. The summed E-state index contributed by atoms with van der Waals surface area (Å²) in [6, 6.07) is 1.53. The van der Waals surface area contributed by atoms with E-state index in [1.165, 1.54) is 17.8 Å². The van der Waals surface area contributed by atoms with Gasteiger partial charge in [0.25, 0.3) is 0 Å². The predicted octanol–water partition coefficient (Wildman–Crippen LogP) is 3.83. The fourth-order valence-electron chi connectivity index (χ4n) is 1.52. The van der Waals surface area contributed by atoms with Crippen LogP contribution >= 0.6 is 11.8 Å². The highest BCUT2D eigenvalue weighted by atomic mass is 32.2. The molecule has 0 fully saturated rings. The molecule has 3 nitrogen and oxygen atoms in total. The number of pyridine rings is 1. The molecule has 0 aliphatic carbocycles. The first-order valence-corrected chi connectivity index (χ1v) is 6.27. The molecule has 2 aromatic rings. The minimum Gasteiger partial charge on any atom is -0.433 e. The second-order valence-corrected chi connectivity index (χ2v) is 6.66. The highest BCUT2D eigenvalue weighted by molar-refractivity contribution is 8.00. The average molecular weight is 272 g/mol. The lowest BCUT2D eigenvalue weighted by atomic mass is 10.3. The minimum absolute atomic E-state index is 0.0888. The monoisotopic (exact) mass is 272 g/mol. The predicted molar refractivity (Wildman–Crippen MR) is 67.4 cm³/mol. The molecule has 0 saturated carbocycles. The standard InChI is InChI=1S/C12H14F2N2OS/c1-12(2,3)18-9-7-16-5-4-15-10(16)6-8(9)17-11(13)14/h4-7,11H,1-3H3. The number of ether oxygens (including phenoxy) is 1. The quantitative estimate of drug-likeness (QED) is 0.794. The van der Waals surface area contributed by atoms with Crippen molar-refractivity contribution in [2.45, 2.75) is 37.0 Å². The van der Waals surface area contributed by atoms with Gasteiger partial charge in [-0.05, 0) is 0 Å². The van der Waals surface area contributed by atoms with Crippen LogP contribution in [0, 0.1) is 0 Å². The van der Waals surface area contributed by atoms with E-state index in [-0.39, 0.29) is 10.5 Å². The highest BCUT2D eigenvalue weighted by Gasteiger charge is 2.18. The molecule has 0 amide bonds. The van der Waals surface area contributed by atoms with Crippen LogP contribution in [0.1, 0.15) is 20.8 Å². The number of rotatable bonds is 3. The van der Waals surface area contributed by atoms with E-state index in [4.69, 9.17) is 0 Å². The molecule has 0 aromatic carbocycles. The minimum atomic E-state index is -2.83. The zero-order valence-corrected chi connectivity index (χ0v) is 11.2. The van der Waals surface area contributed by atoms with Gasteiger partial charge in [0.1, 0.15) is 11.4 Å². The molecule has 2 heterocycles. The molecule has 0 aliphatic heterocycles. The summed E-state index contributed by atoms with van der Waals surface area (Å²) >= 11 is 1.48. The van der Waals surface area contributed by atoms with E-state index in [9.17, 15) is 8.78 Å². The maximum atomic E-state index is 12.4. The first-order chi connectivity index (χ1) is 8.35. The van der Waals surface area contributed by atoms with Crippen LogP contribution in [0.5, 0.6) is 5.75 Å². The Hall–Kier alpha value is -1.30. The Kier molecular flexibility index (Phi) is 3.47. The van der Waals surface area contributed by atoms with Gasteiger partial charge in [-0.2, -0.15) is 8.78 Å². The summed E-state index contributed by atoms with van der Waals surface area (Å²) in [5.41, 5.74) is 0.587. The van der Waals surface area contributed by atoms with Gasteiger partial charge in [0.15, 0.2) is 0 Å². The molecule has 0 radical (unpaired) electrons. The summed E-state index contributed by atoms with van der Waals surface area (Å²) in [6.07, 6.45) is 5.15. The van der Waals surface area contributed by atoms with E-state index in [0.29, 0.717) is 10.5 Å². The molecule has 0 atom stereocenters. The van der Waals surface area contributed by atoms with E-state index < -0.39 is 6.61 Å². The number of hydrogen-bond acceptors (Lipinski definition) is 3. The summed E-state index contributed by atoms with van der Waals surface area (Å²) in [6.45, 7) is 3.22. The normalized spacial score (nSPS) is 12.3. The molecule has 18 heavy (non-hydrogen) atoms. The maximum Gasteiger partial charge on any atom is 0.387 e. The van der Waals surface area contributed by atoms with Gasteiger partial charge in [-0.15, -0.1) is 11.8 Å². The number of imidazole rings is 1. The lowest BCUT2D eigenvalue weighted by Crippen LogP contribution is -2.09. The second-order valence-electron chi connectivity index (χ2n) is 4.79. The average Bonchev–Trinajstić information content (AvgIpc) is 2.61.